The average Bonchev–Trinajstić information content (AvgIpc) is 2.25. The Kier molecular flexibility index (Phi) is 2.56. The lowest BCUT2D eigenvalue weighted by molar-refractivity contribution is 0.348. The van der Waals surface area contributed by atoms with Crippen molar-refractivity contribution in [1.82, 2.24) is 0 Å². The molecule has 2 rings (SSSR count). The third-order valence-corrected chi connectivity index (χ3v) is 3.48. The van der Waals surface area contributed by atoms with Gasteiger partial charge in [0.1, 0.15) is 5.76 Å². The molecule has 1 heteroatoms. The third kappa shape index (κ3) is 1.56. The highest BCUT2D eigenvalue weighted by atomic mass is 16.5. The van der Waals surface area contributed by atoms with Gasteiger partial charge in [-0.25, -0.2) is 0 Å². The lowest BCUT2D eigenvalue weighted by atomic mass is 9.95. The first kappa shape index (κ1) is 10.3. The summed E-state index contributed by atoms with van der Waals surface area (Å²) in [6, 6.07) is 2.26. The van der Waals surface area contributed by atoms with E-state index >= 15 is 0 Å². The first-order valence-electron chi connectivity index (χ1n) is 5.49. The number of ether oxygens (including phenoxy) is 1. The van der Waals surface area contributed by atoms with Crippen molar-refractivity contribution in [2.45, 2.75) is 33.6 Å². The molecule has 1 aromatic rings. The van der Waals surface area contributed by atoms with Gasteiger partial charge >= 0.3 is 0 Å². The summed E-state index contributed by atoms with van der Waals surface area (Å²) in [5.74, 6) is 1.14. The molecule has 0 aromatic heterocycles. The van der Waals surface area contributed by atoms with Gasteiger partial charge in [-0.05, 0) is 55.2 Å². The standard InChI is InChI=1S/C14H18O/c1-9-8-13-12(11(3)10(9)2)6-5-7-14(13)15-4/h6,8H,5,7H2,1-4H3. The third-order valence-electron chi connectivity index (χ3n) is 3.48. The molecule has 0 saturated carbocycles. The van der Waals surface area contributed by atoms with E-state index in [1.165, 1.54) is 27.1 Å². The number of methoxy groups -OCH3 is 1. The minimum Gasteiger partial charge on any atom is -0.500 e. The minimum atomic E-state index is 1.03. The Bertz CT molecular complexity index is 509. The molecule has 1 aromatic carbocycles. The van der Waals surface area contributed by atoms with Crippen LogP contribution < -0.4 is 10.4 Å². The molecular formula is C14H18O. The van der Waals surface area contributed by atoms with Crippen molar-refractivity contribution in [2.75, 3.05) is 7.11 Å². The maximum Gasteiger partial charge on any atom is 0.104 e. The van der Waals surface area contributed by atoms with Gasteiger partial charge in [-0.3, -0.25) is 0 Å². The van der Waals surface area contributed by atoms with Gasteiger partial charge in [-0.2, -0.15) is 0 Å². The molecule has 0 bridgehead atoms. The van der Waals surface area contributed by atoms with Gasteiger partial charge in [0.2, 0.25) is 0 Å². The van der Waals surface area contributed by atoms with Gasteiger partial charge < -0.3 is 4.74 Å². The summed E-state index contributed by atoms with van der Waals surface area (Å²) in [5, 5.41) is 2.67. The molecule has 0 atom stereocenters. The van der Waals surface area contributed by atoms with E-state index in [1.54, 1.807) is 7.11 Å². The van der Waals surface area contributed by atoms with Crippen LogP contribution in [-0.4, -0.2) is 7.11 Å². The quantitative estimate of drug-likeness (QED) is 0.676. The molecule has 0 radical (unpaired) electrons. The molecule has 0 saturated heterocycles. The molecule has 1 aliphatic rings. The number of hydrogen-bond acceptors (Lipinski definition) is 1. The second-order valence-electron chi connectivity index (χ2n) is 4.27. The number of rotatable bonds is 1. The molecule has 15 heavy (non-hydrogen) atoms. The molecule has 80 valence electrons. The first-order valence-corrected chi connectivity index (χ1v) is 5.49. The SMILES string of the molecule is COC1=c2cc(C)c(C)c(C)c2=CCC1. The predicted molar refractivity (Wildman–Crippen MR) is 64.0 cm³/mol. The zero-order valence-electron chi connectivity index (χ0n) is 9.98. The maximum atomic E-state index is 5.46. The van der Waals surface area contributed by atoms with Crippen molar-refractivity contribution in [2.24, 2.45) is 0 Å². The van der Waals surface area contributed by atoms with Crippen molar-refractivity contribution in [3.8, 4) is 0 Å². The van der Waals surface area contributed by atoms with Crippen LogP contribution in [0.15, 0.2) is 6.07 Å². The van der Waals surface area contributed by atoms with E-state index in [2.05, 4.69) is 32.9 Å². The van der Waals surface area contributed by atoms with Crippen LogP contribution in [0.25, 0.3) is 11.8 Å². The van der Waals surface area contributed by atoms with Crippen molar-refractivity contribution in [3.05, 3.63) is 33.2 Å². The van der Waals surface area contributed by atoms with Crippen LogP contribution in [0.3, 0.4) is 0 Å². The van der Waals surface area contributed by atoms with Crippen molar-refractivity contribution >= 4 is 11.8 Å². The second-order valence-corrected chi connectivity index (χ2v) is 4.27. The van der Waals surface area contributed by atoms with Crippen LogP contribution in [0.4, 0.5) is 0 Å². The summed E-state index contributed by atoms with van der Waals surface area (Å²) in [6.07, 6.45) is 4.46. The lowest BCUT2D eigenvalue weighted by Crippen LogP contribution is -2.33. The molecule has 0 spiro atoms. The highest BCUT2D eigenvalue weighted by Gasteiger charge is 2.08. The molecular weight excluding hydrogens is 184 g/mol. The molecule has 0 unspecified atom stereocenters. The fourth-order valence-electron chi connectivity index (χ4n) is 2.29. The van der Waals surface area contributed by atoms with Crippen molar-refractivity contribution in [3.63, 3.8) is 0 Å². The monoisotopic (exact) mass is 202 g/mol. The Balaban J connectivity index is 2.92. The largest absolute Gasteiger partial charge is 0.500 e. The molecule has 1 aliphatic carbocycles. The van der Waals surface area contributed by atoms with Crippen LogP contribution >= 0.6 is 0 Å². The van der Waals surface area contributed by atoms with E-state index in [9.17, 15) is 0 Å². The summed E-state index contributed by atoms with van der Waals surface area (Å²) >= 11 is 0. The summed E-state index contributed by atoms with van der Waals surface area (Å²) in [6.45, 7) is 6.57. The molecule has 0 heterocycles. The van der Waals surface area contributed by atoms with E-state index < -0.39 is 0 Å². The fraction of sp³-hybridized carbons (Fsp3) is 0.429. The van der Waals surface area contributed by atoms with E-state index in [0.717, 1.165) is 18.6 Å². The topological polar surface area (TPSA) is 9.23 Å². The Morgan fingerprint density at radius 1 is 1.13 bits per heavy atom. The van der Waals surface area contributed by atoms with Crippen molar-refractivity contribution in [1.29, 1.82) is 0 Å². The Morgan fingerprint density at radius 3 is 2.53 bits per heavy atom. The highest BCUT2D eigenvalue weighted by molar-refractivity contribution is 5.50. The van der Waals surface area contributed by atoms with E-state index in [1.807, 2.05) is 0 Å². The number of aryl methyl sites for hydroxylation is 1. The number of benzene rings is 1. The van der Waals surface area contributed by atoms with Gasteiger partial charge in [-0.1, -0.05) is 6.08 Å². The maximum absolute atomic E-state index is 5.46. The van der Waals surface area contributed by atoms with Gasteiger partial charge in [0.15, 0.2) is 0 Å². The zero-order valence-corrected chi connectivity index (χ0v) is 9.98. The molecule has 0 aliphatic heterocycles. The minimum absolute atomic E-state index is 1.03. The van der Waals surface area contributed by atoms with E-state index in [0.29, 0.717) is 0 Å². The van der Waals surface area contributed by atoms with Crippen LogP contribution in [0, 0.1) is 20.8 Å². The Morgan fingerprint density at radius 2 is 1.87 bits per heavy atom. The first-order chi connectivity index (χ1) is 7.15. The number of fused-ring (bicyclic) bond motifs is 1. The smallest absolute Gasteiger partial charge is 0.104 e. The van der Waals surface area contributed by atoms with Gasteiger partial charge in [0.25, 0.3) is 0 Å². The predicted octanol–water partition coefficient (Wildman–Crippen LogP) is 1.94. The highest BCUT2D eigenvalue weighted by Crippen LogP contribution is 2.12. The van der Waals surface area contributed by atoms with Crippen molar-refractivity contribution < 1.29 is 4.74 Å². The molecule has 1 nitrogen and oxygen atoms in total. The van der Waals surface area contributed by atoms with Crippen LogP contribution in [-0.2, 0) is 4.74 Å². The van der Waals surface area contributed by atoms with Crippen LogP contribution in [0.5, 0.6) is 0 Å². The molecule has 0 N–H and O–H groups in total. The Labute approximate surface area is 91.1 Å². The second kappa shape index (κ2) is 3.73. The van der Waals surface area contributed by atoms with E-state index in [4.69, 9.17) is 4.74 Å². The van der Waals surface area contributed by atoms with Crippen LogP contribution in [0.1, 0.15) is 29.5 Å². The molecule has 0 fully saturated rings. The zero-order chi connectivity index (χ0) is 11.0. The average molecular weight is 202 g/mol. The summed E-state index contributed by atoms with van der Waals surface area (Å²) in [7, 11) is 1.77. The van der Waals surface area contributed by atoms with Gasteiger partial charge in [-0.15, -0.1) is 0 Å². The summed E-state index contributed by atoms with van der Waals surface area (Å²) < 4.78 is 5.46. The summed E-state index contributed by atoms with van der Waals surface area (Å²) in [5.41, 5.74) is 4.16. The Hall–Kier alpha value is -1.24. The normalized spacial score (nSPS) is 14.5. The summed E-state index contributed by atoms with van der Waals surface area (Å²) in [4.78, 5) is 0. The van der Waals surface area contributed by atoms with E-state index in [-0.39, 0.29) is 0 Å². The number of hydrogen-bond donors (Lipinski definition) is 0. The van der Waals surface area contributed by atoms with Crippen LogP contribution in [0.2, 0.25) is 0 Å². The lowest BCUT2D eigenvalue weighted by Gasteiger charge is -2.14. The molecule has 0 amide bonds. The van der Waals surface area contributed by atoms with Gasteiger partial charge in [0.05, 0.1) is 7.11 Å². The van der Waals surface area contributed by atoms with Gasteiger partial charge in [0, 0.05) is 11.6 Å². The fourth-order valence-corrected chi connectivity index (χ4v) is 2.29.